The molecule has 2 atom stereocenters. The second-order valence-electron chi connectivity index (χ2n) is 9.08. The lowest BCUT2D eigenvalue weighted by Gasteiger charge is -2.44. The predicted octanol–water partition coefficient (Wildman–Crippen LogP) is 1.19. The Balaban J connectivity index is 1.37. The van der Waals surface area contributed by atoms with Gasteiger partial charge in [-0.1, -0.05) is 12.5 Å². The SMILES string of the molecule is O=C1CCC(N2C(=O)c3ccc(CN(C4CCC4)C4CCCNC4)cc3C2=O)C(=O)N1. The first kappa shape index (κ1) is 20.3. The average molecular weight is 425 g/mol. The van der Waals surface area contributed by atoms with Crippen LogP contribution in [0.2, 0.25) is 0 Å². The topological polar surface area (TPSA) is 98.8 Å². The Morgan fingerprint density at radius 3 is 2.39 bits per heavy atom. The fourth-order valence-electron chi connectivity index (χ4n) is 5.22. The summed E-state index contributed by atoms with van der Waals surface area (Å²) < 4.78 is 0. The molecule has 1 aromatic carbocycles. The Hall–Kier alpha value is -2.58. The molecule has 0 aromatic heterocycles. The zero-order valence-electron chi connectivity index (χ0n) is 17.6. The molecule has 4 amide bonds. The van der Waals surface area contributed by atoms with Crippen LogP contribution in [0.3, 0.4) is 0 Å². The van der Waals surface area contributed by atoms with E-state index in [4.69, 9.17) is 0 Å². The fraction of sp³-hybridized carbons (Fsp3) is 0.565. The number of nitrogens with zero attached hydrogens (tertiary/aromatic N) is 2. The summed E-state index contributed by atoms with van der Waals surface area (Å²) in [6, 6.07) is 5.62. The molecular formula is C23H28N4O4. The molecule has 2 N–H and O–H groups in total. The van der Waals surface area contributed by atoms with Crippen LogP contribution >= 0.6 is 0 Å². The molecule has 2 saturated heterocycles. The quantitative estimate of drug-likeness (QED) is 0.689. The molecule has 3 aliphatic heterocycles. The van der Waals surface area contributed by atoms with Gasteiger partial charge in [-0.15, -0.1) is 0 Å². The van der Waals surface area contributed by atoms with Crippen molar-refractivity contribution in [2.75, 3.05) is 13.1 Å². The van der Waals surface area contributed by atoms with Crippen LogP contribution in [0, 0.1) is 0 Å². The summed E-state index contributed by atoms with van der Waals surface area (Å²) in [4.78, 5) is 53.3. The third kappa shape index (κ3) is 3.68. The van der Waals surface area contributed by atoms with E-state index in [1.807, 2.05) is 12.1 Å². The summed E-state index contributed by atoms with van der Waals surface area (Å²) in [6.07, 6.45) is 6.33. The monoisotopic (exact) mass is 424 g/mol. The molecule has 5 rings (SSSR count). The van der Waals surface area contributed by atoms with Crippen LogP contribution in [0.4, 0.5) is 0 Å². The molecule has 2 unspecified atom stereocenters. The highest BCUT2D eigenvalue weighted by atomic mass is 16.2. The van der Waals surface area contributed by atoms with Gasteiger partial charge in [0.1, 0.15) is 6.04 Å². The van der Waals surface area contributed by atoms with Gasteiger partial charge in [0.2, 0.25) is 11.8 Å². The van der Waals surface area contributed by atoms with Crippen molar-refractivity contribution in [3.05, 3.63) is 34.9 Å². The van der Waals surface area contributed by atoms with Crippen LogP contribution in [0.1, 0.15) is 71.2 Å². The summed E-state index contributed by atoms with van der Waals surface area (Å²) in [7, 11) is 0. The predicted molar refractivity (Wildman–Crippen MR) is 112 cm³/mol. The number of hydrogen-bond donors (Lipinski definition) is 2. The number of piperidine rings is 2. The van der Waals surface area contributed by atoms with Gasteiger partial charge in [0.25, 0.3) is 11.8 Å². The summed E-state index contributed by atoms with van der Waals surface area (Å²) in [5.74, 6) is -1.83. The first-order chi connectivity index (χ1) is 15.0. The highest BCUT2D eigenvalue weighted by Gasteiger charge is 2.44. The van der Waals surface area contributed by atoms with Gasteiger partial charge in [-0.25, -0.2) is 0 Å². The van der Waals surface area contributed by atoms with E-state index in [-0.39, 0.29) is 18.7 Å². The number of fused-ring (bicyclic) bond motifs is 1. The summed E-state index contributed by atoms with van der Waals surface area (Å²) in [5.41, 5.74) is 1.72. The van der Waals surface area contributed by atoms with Crippen LogP contribution in [0.5, 0.6) is 0 Å². The number of imide groups is 2. The largest absolute Gasteiger partial charge is 0.315 e. The van der Waals surface area contributed by atoms with E-state index >= 15 is 0 Å². The maximum absolute atomic E-state index is 13.1. The molecule has 164 valence electrons. The number of benzene rings is 1. The first-order valence-electron chi connectivity index (χ1n) is 11.3. The average Bonchev–Trinajstić information content (AvgIpc) is 2.97. The van der Waals surface area contributed by atoms with Crippen molar-refractivity contribution in [2.24, 2.45) is 0 Å². The van der Waals surface area contributed by atoms with Crippen molar-refractivity contribution in [3.8, 4) is 0 Å². The van der Waals surface area contributed by atoms with Gasteiger partial charge < -0.3 is 5.32 Å². The molecule has 8 nitrogen and oxygen atoms in total. The van der Waals surface area contributed by atoms with E-state index in [2.05, 4.69) is 15.5 Å². The highest BCUT2D eigenvalue weighted by Crippen LogP contribution is 2.32. The summed E-state index contributed by atoms with van der Waals surface area (Å²) in [5, 5.41) is 5.74. The van der Waals surface area contributed by atoms with E-state index in [0.717, 1.165) is 30.1 Å². The molecule has 4 aliphatic rings. The molecule has 0 radical (unpaired) electrons. The van der Waals surface area contributed by atoms with Crippen molar-refractivity contribution >= 4 is 23.6 Å². The molecule has 0 spiro atoms. The zero-order chi connectivity index (χ0) is 21.5. The van der Waals surface area contributed by atoms with Crippen LogP contribution < -0.4 is 10.6 Å². The van der Waals surface area contributed by atoms with E-state index in [1.165, 1.54) is 32.1 Å². The molecule has 31 heavy (non-hydrogen) atoms. The van der Waals surface area contributed by atoms with Crippen LogP contribution in [-0.4, -0.2) is 64.6 Å². The molecular weight excluding hydrogens is 396 g/mol. The number of amides is 4. The molecule has 1 aromatic rings. The van der Waals surface area contributed by atoms with Gasteiger partial charge in [0.05, 0.1) is 11.1 Å². The van der Waals surface area contributed by atoms with Crippen molar-refractivity contribution in [3.63, 3.8) is 0 Å². The maximum atomic E-state index is 13.1. The Bertz CT molecular complexity index is 936. The second kappa shape index (κ2) is 8.16. The van der Waals surface area contributed by atoms with Gasteiger partial charge >= 0.3 is 0 Å². The smallest absolute Gasteiger partial charge is 0.262 e. The van der Waals surface area contributed by atoms with E-state index < -0.39 is 23.8 Å². The highest BCUT2D eigenvalue weighted by molar-refractivity contribution is 6.23. The van der Waals surface area contributed by atoms with Crippen molar-refractivity contribution in [1.29, 1.82) is 0 Å². The molecule has 8 heteroatoms. The van der Waals surface area contributed by atoms with Crippen molar-refractivity contribution in [1.82, 2.24) is 20.4 Å². The lowest BCUT2D eigenvalue weighted by atomic mass is 9.88. The Morgan fingerprint density at radius 2 is 1.71 bits per heavy atom. The Morgan fingerprint density at radius 1 is 0.935 bits per heavy atom. The molecule has 0 bridgehead atoms. The third-order valence-electron chi connectivity index (χ3n) is 7.15. The Kier molecular flexibility index (Phi) is 5.35. The number of carbonyl (C=O) groups is 4. The normalized spacial score (nSPS) is 26.8. The van der Waals surface area contributed by atoms with Crippen LogP contribution in [-0.2, 0) is 16.1 Å². The lowest BCUT2D eigenvalue weighted by Crippen LogP contribution is -2.54. The molecule has 3 heterocycles. The Labute approximate surface area is 181 Å². The van der Waals surface area contributed by atoms with Gasteiger partial charge in [-0.3, -0.25) is 34.3 Å². The lowest BCUT2D eigenvalue weighted by molar-refractivity contribution is -0.136. The number of nitrogens with one attached hydrogen (secondary N) is 2. The first-order valence-corrected chi connectivity index (χ1v) is 11.3. The number of hydrogen-bond acceptors (Lipinski definition) is 6. The number of carbonyl (C=O) groups excluding carboxylic acids is 4. The maximum Gasteiger partial charge on any atom is 0.262 e. The van der Waals surface area contributed by atoms with E-state index in [1.54, 1.807) is 6.07 Å². The summed E-state index contributed by atoms with van der Waals surface area (Å²) >= 11 is 0. The minimum absolute atomic E-state index is 0.126. The molecule has 1 saturated carbocycles. The minimum atomic E-state index is -0.923. The van der Waals surface area contributed by atoms with E-state index in [9.17, 15) is 19.2 Å². The van der Waals surface area contributed by atoms with Gasteiger partial charge in [-0.2, -0.15) is 0 Å². The van der Waals surface area contributed by atoms with Crippen LogP contribution in [0.15, 0.2) is 18.2 Å². The zero-order valence-corrected chi connectivity index (χ0v) is 17.6. The standard InChI is InChI=1S/C23H28N4O4/c28-20-9-8-19(21(29)25-20)27-22(30)17-7-6-14(11-18(17)23(27)31)13-26(15-3-1-4-15)16-5-2-10-24-12-16/h6-7,11,15-16,19,24H,1-5,8-10,12-13H2,(H,25,28,29). The van der Waals surface area contributed by atoms with E-state index in [0.29, 0.717) is 23.2 Å². The second-order valence-corrected chi connectivity index (χ2v) is 9.08. The molecule has 3 fully saturated rings. The summed E-state index contributed by atoms with van der Waals surface area (Å²) in [6.45, 7) is 2.81. The van der Waals surface area contributed by atoms with Gasteiger partial charge in [0, 0.05) is 31.6 Å². The molecule has 1 aliphatic carbocycles. The third-order valence-corrected chi connectivity index (χ3v) is 7.15. The van der Waals surface area contributed by atoms with Crippen LogP contribution in [0.25, 0.3) is 0 Å². The van der Waals surface area contributed by atoms with Gasteiger partial charge in [-0.05, 0) is 56.3 Å². The number of rotatable bonds is 5. The fourth-order valence-corrected chi connectivity index (χ4v) is 5.22. The van der Waals surface area contributed by atoms with Crippen molar-refractivity contribution in [2.45, 2.75) is 69.6 Å². The van der Waals surface area contributed by atoms with Crippen molar-refractivity contribution < 1.29 is 19.2 Å². The van der Waals surface area contributed by atoms with Gasteiger partial charge in [0.15, 0.2) is 0 Å². The minimum Gasteiger partial charge on any atom is -0.315 e.